The Bertz CT molecular complexity index is 577. The zero-order chi connectivity index (χ0) is 16.3. The highest BCUT2D eigenvalue weighted by atomic mass is 19.4. The average molecular weight is 318 g/mol. The molecule has 1 N–H and O–H groups in total. The van der Waals surface area contributed by atoms with E-state index >= 15 is 0 Å². The van der Waals surface area contributed by atoms with Gasteiger partial charge in [-0.3, -0.25) is 4.79 Å². The number of carbonyl (C=O) groups excluding carboxylic acids is 1. The van der Waals surface area contributed by atoms with Crippen LogP contribution in [0, 0.1) is 0 Å². The summed E-state index contributed by atoms with van der Waals surface area (Å²) in [6, 6.07) is 2.90. The van der Waals surface area contributed by atoms with E-state index in [1.54, 1.807) is 0 Å². The number of pyridine rings is 1. The van der Waals surface area contributed by atoms with E-state index in [2.05, 4.69) is 9.72 Å². The molecule has 2 heterocycles. The van der Waals surface area contributed by atoms with E-state index < -0.39 is 30.7 Å². The Balaban J connectivity index is 2.12. The first-order chi connectivity index (χ1) is 10.3. The maximum Gasteiger partial charge on any atom is 0.422 e. The van der Waals surface area contributed by atoms with Crippen molar-refractivity contribution in [2.45, 2.75) is 25.1 Å². The van der Waals surface area contributed by atoms with Gasteiger partial charge in [0.15, 0.2) is 6.61 Å². The minimum Gasteiger partial charge on any atom is -0.480 e. The highest BCUT2D eigenvalue weighted by molar-refractivity contribution is 5.95. The summed E-state index contributed by atoms with van der Waals surface area (Å²) in [5.74, 6) is -2.09. The quantitative estimate of drug-likeness (QED) is 0.914. The number of ether oxygens (including phenoxy) is 1. The molecule has 0 radical (unpaired) electrons. The van der Waals surface area contributed by atoms with Crippen LogP contribution in [-0.4, -0.2) is 52.2 Å². The number of rotatable bonds is 4. The van der Waals surface area contributed by atoms with Crippen molar-refractivity contribution in [3.63, 3.8) is 0 Å². The second-order valence-corrected chi connectivity index (χ2v) is 4.76. The molecule has 1 aliphatic rings. The summed E-state index contributed by atoms with van der Waals surface area (Å²) < 4.78 is 40.8. The normalized spacial score (nSPS) is 18.3. The maximum atomic E-state index is 12.2. The Kier molecular flexibility index (Phi) is 4.53. The Morgan fingerprint density at radius 3 is 2.77 bits per heavy atom. The minimum absolute atomic E-state index is 0.146. The predicted octanol–water partition coefficient (Wildman–Crippen LogP) is 1.71. The van der Waals surface area contributed by atoms with E-state index in [-0.39, 0.29) is 18.1 Å². The zero-order valence-corrected chi connectivity index (χ0v) is 11.3. The van der Waals surface area contributed by atoms with Gasteiger partial charge in [0, 0.05) is 12.6 Å². The number of aromatic nitrogens is 1. The Labute approximate surface area is 123 Å². The number of hydrogen-bond donors (Lipinski definition) is 1. The van der Waals surface area contributed by atoms with E-state index in [0.29, 0.717) is 12.8 Å². The lowest BCUT2D eigenvalue weighted by Gasteiger charge is -2.21. The minimum atomic E-state index is -4.51. The molecule has 6 nitrogen and oxygen atoms in total. The van der Waals surface area contributed by atoms with E-state index in [9.17, 15) is 22.8 Å². The molecule has 0 saturated carbocycles. The first-order valence-corrected chi connectivity index (χ1v) is 6.48. The van der Waals surface area contributed by atoms with Gasteiger partial charge in [-0.15, -0.1) is 0 Å². The van der Waals surface area contributed by atoms with Crippen LogP contribution in [0.4, 0.5) is 13.2 Å². The van der Waals surface area contributed by atoms with Crippen LogP contribution in [0.25, 0.3) is 0 Å². The number of halogens is 3. The van der Waals surface area contributed by atoms with E-state index in [1.165, 1.54) is 18.2 Å². The third-order valence-corrected chi connectivity index (χ3v) is 3.13. The third kappa shape index (κ3) is 3.86. The summed E-state index contributed by atoms with van der Waals surface area (Å²) in [5.41, 5.74) is -0.146. The lowest BCUT2D eigenvalue weighted by molar-refractivity contribution is -0.154. The van der Waals surface area contributed by atoms with Crippen LogP contribution in [0.15, 0.2) is 18.2 Å². The van der Waals surface area contributed by atoms with Crippen molar-refractivity contribution in [2.75, 3.05) is 13.2 Å². The Morgan fingerprint density at radius 1 is 1.41 bits per heavy atom. The third-order valence-electron chi connectivity index (χ3n) is 3.13. The first-order valence-electron chi connectivity index (χ1n) is 6.48. The highest BCUT2D eigenvalue weighted by Gasteiger charge is 2.35. The first kappa shape index (κ1) is 16.1. The van der Waals surface area contributed by atoms with Gasteiger partial charge in [0.05, 0.1) is 0 Å². The zero-order valence-electron chi connectivity index (χ0n) is 11.3. The fraction of sp³-hybridized carbons (Fsp3) is 0.462. The molecule has 120 valence electrons. The van der Waals surface area contributed by atoms with Crippen molar-refractivity contribution >= 4 is 11.9 Å². The summed E-state index contributed by atoms with van der Waals surface area (Å²) in [6.45, 7) is -1.25. The molecule has 1 fully saturated rings. The average Bonchev–Trinajstić information content (AvgIpc) is 2.93. The molecule has 1 saturated heterocycles. The second kappa shape index (κ2) is 6.20. The number of hydrogen-bond acceptors (Lipinski definition) is 4. The topological polar surface area (TPSA) is 79.7 Å². The van der Waals surface area contributed by atoms with Crippen LogP contribution in [0.1, 0.15) is 23.3 Å². The van der Waals surface area contributed by atoms with Crippen molar-refractivity contribution in [3.8, 4) is 5.88 Å². The Morgan fingerprint density at radius 2 is 2.14 bits per heavy atom. The summed E-state index contributed by atoms with van der Waals surface area (Å²) >= 11 is 0. The van der Waals surface area contributed by atoms with Gasteiger partial charge in [-0.05, 0) is 18.9 Å². The largest absolute Gasteiger partial charge is 0.480 e. The molecule has 22 heavy (non-hydrogen) atoms. The van der Waals surface area contributed by atoms with Gasteiger partial charge in [0.25, 0.3) is 5.91 Å². The summed E-state index contributed by atoms with van der Waals surface area (Å²) in [5, 5.41) is 9.04. The van der Waals surface area contributed by atoms with Gasteiger partial charge in [-0.1, -0.05) is 6.07 Å². The van der Waals surface area contributed by atoms with Crippen LogP contribution < -0.4 is 4.74 Å². The lowest BCUT2D eigenvalue weighted by atomic mass is 10.2. The van der Waals surface area contributed by atoms with Crippen LogP contribution in [-0.2, 0) is 4.79 Å². The molecular formula is C13H13F3N2O4. The van der Waals surface area contributed by atoms with Gasteiger partial charge < -0.3 is 14.7 Å². The number of likely N-dealkylation sites (tertiary alicyclic amines) is 1. The van der Waals surface area contributed by atoms with Crippen molar-refractivity contribution < 1.29 is 32.6 Å². The molecule has 0 bridgehead atoms. The molecule has 0 aromatic carbocycles. The highest BCUT2D eigenvalue weighted by Crippen LogP contribution is 2.21. The monoisotopic (exact) mass is 318 g/mol. The number of alkyl halides is 3. The van der Waals surface area contributed by atoms with Crippen molar-refractivity contribution in [1.29, 1.82) is 0 Å². The van der Waals surface area contributed by atoms with Crippen molar-refractivity contribution in [1.82, 2.24) is 9.88 Å². The molecule has 1 aromatic heterocycles. The molecule has 1 aromatic rings. The van der Waals surface area contributed by atoms with Crippen LogP contribution in [0.5, 0.6) is 5.88 Å². The number of carboxylic acid groups (broad SMARTS) is 1. The smallest absolute Gasteiger partial charge is 0.422 e. The molecule has 2 rings (SSSR count). The summed E-state index contributed by atoms with van der Waals surface area (Å²) in [4.78, 5) is 28.2. The molecule has 9 heteroatoms. The molecule has 1 aliphatic heterocycles. The van der Waals surface area contributed by atoms with Gasteiger partial charge in [0.2, 0.25) is 5.88 Å². The second-order valence-electron chi connectivity index (χ2n) is 4.76. The number of nitrogens with zero attached hydrogens (tertiary/aromatic N) is 2. The Hall–Kier alpha value is -2.32. The number of amides is 1. The number of aliphatic carboxylic acids is 1. The van der Waals surface area contributed by atoms with E-state index in [0.717, 1.165) is 4.90 Å². The van der Waals surface area contributed by atoms with Crippen LogP contribution >= 0.6 is 0 Å². The SMILES string of the molecule is O=C(O)[C@@H]1CCCN1C(=O)c1cccc(OCC(F)(F)F)n1. The predicted molar refractivity (Wildman–Crippen MR) is 67.5 cm³/mol. The van der Waals surface area contributed by atoms with Gasteiger partial charge >= 0.3 is 12.1 Å². The fourth-order valence-corrected chi connectivity index (χ4v) is 2.18. The molecule has 1 amide bonds. The maximum absolute atomic E-state index is 12.2. The molecule has 0 unspecified atom stereocenters. The summed E-state index contributed by atoms with van der Waals surface area (Å²) in [7, 11) is 0. The number of carboxylic acids is 1. The van der Waals surface area contributed by atoms with Gasteiger partial charge in [0.1, 0.15) is 11.7 Å². The van der Waals surface area contributed by atoms with Gasteiger partial charge in [-0.2, -0.15) is 13.2 Å². The standard InChI is InChI=1S/C13H13F3N2O4/c14-13(15,16)7-22-10-5-1-3-8(17-10)11(19)18-6-2-4-9(18)12(20)21/h1,3,5,9H,2,4,6-7H2,(H,20,21)/t9-/m0/s1. The molecular weight excluding hydrogens is 305 g/mol. The van der Waals surface area contributed by atoms with E-state index in [4.69, 9.17) is 5.11 Å². The van der Waals surface area contributed by atoms with Crippen LogP contribution in [0.2, 0.25) is 0 Å². The molecule has 0 spiro atoms. The van der Waals surface area contributed by atoms with Gasteiger partial charge in [-0.25, -0.2) is 9.78 Å². The number of carbonyl (C=O) groups is 2. The van der Waals surface area contributed by atoms with E-state index in [1.807, 2.05) is 0 Å². The molecule has 0 aliphatic carbocycles. The van der Waals surface area contributed by atoms with Crippen molar-refractivity contribution in [3.05, 3.63) is 23.9 Å². The lowest BCUT2D eigenvalue weighted by Crippen LogP contribution is -2.40. The fourth-order valence-electron chi connectivity index (χ4n) is 2.18. The van der Waals surface area contributed by atoms with Crippen molar-refractivity contribution in [2.24, 2.45) is 0 Å². The molecule has 1 atom stereocenters. The summed E-state index contributed by atoms with van der Waals surface area (Å²) in [6.07, 6.45) is -3.62. The van der Waals surface area contributed by atoms with Crippen LogP contribution in [0.3, 0.4) is 0 Å².